The minimum Gasteiger partial charge on any atom is -0.326 e. The molecule has 2 aromatic carbocycles. The van der Waals surface area contributed by atoms with Crippen LogP contribution in [0.25, 0.3) is 0 Å². The number of benzene rings is 2. The molecule has 0 fully saturated rings. The Kier molecular flexibility index (Phi) is 4.46. The molecule has 0 radical (unpaired) electrons. The normalized spacial score (nSPS) is 11.9. The highest BCUT2D eigenvalue weighted by molar-refractivity contribution is 6.42. The Balaban J connectivity index is 2.10. The van der Waals surface area contributed by atoms with Crippen LogP contribution in [0.4, 0.5) is 5.69 Å². The van der Waals surface area contributed by atoms with Crippen molar-refractivity contribution in [1.29, 1.82) is 0 Å². The first-order chi connectivity index (χ1) is 9.08. The zero-order valence-electron chi connectivity index (χ0n) is 10.4. The molecule has 0 aliphatic carbocycles. The van der Waals surface area contributed by atoms with Crippen LogP contribution in [0, 0.1) is 0 Å². The third-order valence-corrected chi connectivity index (χ3v) is 3.62. The summed E-state index contributed by atoms with van der Waals surface area (Å²) >= 11 is 11.7. The second kappa shape index (κ2) is 6.09. The van der Waals surface area contributed by atoms with Gasteiger partial charge in [-0.1, -0.05) is 53.5 Å². The summed E-state index contributed by atoms with van der Waals surface area (Å²) in [7, 11) is 0. The molecular formula is C15H13Cl2NO. The molecule has 2 aromatic rings. The first-order valence-corrected chi connectivity index (χ1v) is 6.64. The van der Waals surface area contributed by atoms with Gasteiger partial charge in [-0.05, 0) is 30.7 Å². The van der Waals surface area contributed by atoms with E-state index in [9.17, 15) is 4.79 Å². The number of nitrogens with one attached hydrogen (secondary N) is 1. The van der Waals surface area contributed by atoms with Crippen LogP contribution in [-0.2, 0) is 4.79 Å². The Morgan fingerprint density at radius 3 is 2.37 bits per heavy atom. The number of hydrogen-bond donors (Lipinski definition) is 1. The van der Waals surface area contributed by atoms with Crippen molar-refractivity contribution in [2.24, 2.45) is 0 Å². The molecule has 1 amide bonds. The monoisotopic (exact) mass is 293 g/mol. The van der Waals surface area contributed by atoms with E-state index in [2.05, 4.69) is 5.32 Å². The minimum atomic E-state index is -0.226. The molecule has 98 valence electrons. The van der Waals surface area contributed by atoms with Crippen molar-refractivity contribution in [2.45, 2.75) is 12.8 Å². The molecule has 0 bridgehead atoms. The first-order valence-electron chi connectivity index (χ1n) is 5.89. The minimum absolute atomic E-state index is 0.0791. The molecule has 0 saturated carbocycles. The van der Waals surface area contributed by atoms with E-state index in [4.69, 9.17) is 23.2 Å². The Labute approximate surface area is 122 Å². The lowest BCUT2D eigenvalue weighted by Crippen LogP contribution is -2.18. The highest BCUT2D eigenvalue weighted by Gasteiger charge is 2.15. The van der Waals surface area contributed by atoms with Gasteiger partial charge >= 0.3 is 0 Å². The maximum Gasteiger partial charge on any atom is 0.231 e. The van der Waals surface area contributed by atoms with Gasteiger partial charge in [0.2, 0.25) is 5.91 Å². The maximum atomic E-state index is 12.1. The van der Waals surface area contributed by atoms with E-state index in [1.54, 1.807) is 18.2 Å². The highest BCUT2D eigenvalue weighted by atomic mass is 35.5. The fourth-order valence-electron chi connectivity index (χ4n) is 1.72. The first kappa shape index (κ1) is 13.9. The molecule has 0 saturated heterocycles. The quantitative estimate of drug-likeness (QED) is 0.870. The van der Waals surface area contributed by atoms with Crippen molar-refractivity contribution in [3.05, 3.63) is 64.1 Å². The fourth-order valence-corrected chi connectivity index (χ4v) is 2.02. The van der Waals surface area contributed by atoms with Gasteiger partial charge in [-0.15, -0.1) is 0 Å². The average molecular weight is 294 g/mol. The summed E-state index contributed by atoms with van der Waals surface area (Å²) in [6, 6.07) is 14.6. The van der Waals surface area contributed by atoms with Crippen LogP contribution < -0.4 is 5.32 Å². The molecular weight excluding hydrogens is 281 g/mol. The third-order valence-electron chi connectivity index (χ3n) is 2.88. The van der Waals surface area contributed by atoms with E-state index in [0.717, 1.165) is 5.56 Å². The van der Waals surface area contributed by atoms with Gasteiger partial charge in [0.25, 0.3) is 0 Å². The summed E-state index contributed by atoms with van der Waals surface area (Å²) in [6.07, 6.45) is 0. The van der Waals surface area contributed by atoms with E-state index in [1.165, 1.54) is 0 Å². The van der Waals surface area contributed by atoms with Crippen molar-refractivity contribution < 1.29 is 4.79 Å². The fraction of sp³-hybridized carbons (Fsp3) is 0.133. The summed E-state index contributed by atoms with van der Waals surface area (Å²) in [4.78, 5) is 12.1. The Hall–Kier alpha value is -1.51. The molecule has 1 N–H and O–H groups in total. The average Bonchev–Trinajstić information content (AvgIpc) is 2.43. The summed E-state index contributed by atoms with van der Waals surface area (Å²) in [5.41, 5.74) is 1.61. The van der Waals surface area contributed by atoms with E-state index < -0.39 is 0 Å². The van der Waals surface area contributed by atoms with Crippen molar-refractivity contribution in [2.75, 3.05) is 5.32 Å². The van der Waals surface area contributed by atoms with Crippen LogP contribution in [-0.4, -0.2) is 5.91 Å². The number of amides is 1. The molecule has 4 heteroatoms. The molecule has 0 aromatic heterocycles. The van der Waals surface area contributed by atoms with Crippen molar-refractivity contribution >= 4 is 34.8 Å². The Morgan fingerprint density at radius 2 is 1.74 bits per heavy atom. The largest absolute Gasteiger partial charge is 0.326 e. The second-order valence-corrected chi connectivity index (χ2v) is 5.06. The van der Waals surface area contributed by atoms with Gasteiger partial charge in [0, 0.05) is 5.69 Å². The lowest BCUT2D eigenvalue weighted by atomic mass is 10.0. The van der Waals surface area contributed by atoms with Crippen LogP contribution in [0.3, 0.4) is 0 Å². The molecule has 0 unspecified atom stereocenters. The second-order valence-electron chi connectivity index (χ2n) is 4.25. The predicted molar refractivity (Wildman–Crippen MR) is 79.9 cm³/mol. The summed E-state index contributed by atoms with van der Waals surface area (Å²) in [5, 5.41) is 3.72. The maximum absolute atomic E-state index is 12.1. The van der Waals surface area contributed by atoms with Crippen molar-refractivity contribution in [3.8, 4) is 0 Å². The van der Waals surface area contributed by atoms with E-state index in [-0.39, 0.29) is 11.8 Å². The molecule has 1 atom stereocenters. The molecule has 0 heterocycles. The lowest BCUT2D eigenvalue weighted by molar-refractivity contribution is -0.117. The molecule has 2 rings (SSSR count). The molecule has 2 nitrogen and oxygen atoms in total. The molecule has 19 heavy (non-hydrogen) atoms. The van der Waals surface area contributed by atoms with E-state index >= 15 is 0 Å². The number of hydrogen-bond acceptors (Lipinski definition) is 1. The third kappa shape index (κ3) is 3.49. The predicted octanol–water partition coefficient (Wildman–Crippen LogP) is 4.74. The molecule has 0 spiro atoms. The molecule has 0 aliphatic rings. The summed E-state index contributed by atoms with van der Waals surface area (Å²) in [6.45, 7) is 1.86. The van der Waals surface area contributed by atoms with Gasteiger partial charge < -0.3 is 5.32 Å². The van der Waals surface area contributed by atoms with E-state index in [0.29, 0.717) is 15.7 Å². The SMILES string of the molecule is C[C@H](C(=O)Nc1ccc(Cl)c(Cl)c1)c1ccccc1. The number of carbonyl (C=O) groups is 1. The van der Waals surface area contributed by atoms with Gasteiger partial charge in [0.15, 0.2) is 0 Å². The summed E-state index contributed by atoms with van der Waals surface area (Å²) < 4.78 is 0. The van der Waals surface area contributed by atoms with Gasteiger partial charge in [-0.2, -0.15) is 0 Å². The van der Waals surface area contributed by atoms with Crippen molar-refractivity contribution in [1.82, 2.24) is 0 Å². The van der Waals surface area contributed by atoms with Crippen LogP contribution in [0.5, 0.6) is 0 Å². The van der Waals surface area contributed by atoms with Crippen LogP contribution in [0.2, 0.25) is 10.0 Å². The number of rotatable bonds is 3. The Morgan fingerprint density at radius 1 is 1.05 bits per heavy atom. The number of halogens is 2. The van der Waals surface area contributed by atoms with Gasteiger partial charge in [0.05, 0.1) is 16.0 Å². The number of anilines is 1. The van der Waals surface area contributed by atoms with Gasteiger partial charge in [0.1, 0.15) is 0 Å². The lowest BCUT2D eigenvalue weighted by Gasteiger charge is -2.12. The highest BCUT2D eigenvalue weighted by Crippen LogP contribution is 2.26. The van der Waals surface area contributed by atoms with Crippen LogP contribution in [0.15, 0.2) is 48.5 Å². The van der Waals surface area contributed by atoms with Crippen LogP contribution >= 0.6 is 23.2 Å². The van der Waals surface area contributed by atoms with E-state index in [1.807, 2.05) is 37.3 Å². The Bertz CT molecular complexity index is 584. The topological polar surface area (TPSA) is 29.1 Å². The van der Waals surface area contributed by atoms with Crippen LogP contribution in [0.1, 0.15) is 18.4 Å². The zero-order chi connectivity index (χ0) is 13.8. The standard InChI is InChI=1S/C15H13Cl2NO/c1-10(11-5-3-2-4-6-11)15(19)18-12-7-8-13(16)14(17)9-12/h2-10H,1H3,(H,18,19)/t10-/m0/s1. The summed E-state index contributed by atoms with van der Waals surface area (Å²) in [5.74, 6) is -0.305. The number of carbonyl (C=O) groups excluding carboxylic acids is 1. The van der Waals surface area contributed by atoms with Gasteiger partial charge in [-0.25, -0.2) is 0 Å². The molecule has 0 aliphatic heterocycles. The zero-order valence-corrected chi connectivity index (χ0v) is 11.9. The van der Waals surface area contributed by atoms with Crippen molar-refractivity contribution in [3.63, 3.8) is 0 Å². The van der Waals surface area contributed by atoms with Gasteiger partial charge in [-0.3, -0.25) is 4.79 Å². The smallest absolute Gasteiger partial charge is 0.231 e.